The van der Waals surface area contributed by atoms with Crippen LogP contribution in [0.25, 0.3) is 0 Å². The first kappa shape index (κ1) is 20.8. The second-order valence-electron chi connectivity index (χ2n) is 8.33. The molecule has 1 heterocycles. The summed E-state index contributed by atoms with van der Waals surface area (Å²) in [6.07, 6.45) is 3.13. The van der Waals surface area contributed by atoms with E-state index in [2.05, 4.69) is 31.3 Å². The maximum Gasteiger partial charge on any atom is 0.123 e. The SMILES string of the molecule is COc1ccc(CNCC[C@@H](c2ccc(F)cc2)[C@@H]2CCOC(C)(C)C2)cc1. The van der Waals surface area contributed by atoms with Gasteiger partial charge in [-0.05, 0) is 86.9 Å². The Balaban J connectivity index is 1.61. The second kappa shape index (κ2) is 9.53. The third-order valence-electron chi connectivity index (χ3n) is 5.72. The molecule has 1 aliphatic rings. The van der Waals surface area contributed by atoms with Crippen molar-refractivity contribution in [1.82, 2.24) is 5.32 Å². The van der Waals surface area contributed by atoms with E-state index >= 15 is 0 Å². The Morgan fingerprint density at radius 3 is 2.50 bits per heavy atom. The molecule has 2 atom stereocenters. The molecular weight excluding hydrogens is 353 g/mol. The van der Waals surface area contributed by atoms with Crippen molar-refractivity contribution in [3.63, 3.8) is 0 Å². The smallest absolute Gasteiger partial charge is 0.123 e. The lowest BCUT2D eigenvalue weighted by Crippen LogP contribution is -2.36. The molecule has 1 aliphatic heterocycles. The average Bonchev–Trinajstić information content (AvgIpc) is 2.69. The number of halogens is 1. The third kappa shape index (κ3) is 5.79. The molecule has 0 radical (unpaired) electrons. The van der Waals surface area contributed by atoms with E-state index in [0.29, 0.717) is 11.8 Å². The standard InChI is InChI=1S/C24H32FNO2/c1-24(2)16-20(13-15-28-24)23(19-6-8-21(25)9-7-19)12-14-26-17-18-4-10-22(27-3)11-5-18/h4-11,20,23,26H,12-17H2,1-3H3/t20-,23+/m1/s1. The summed E-state index contributed by atoms with van der Waals surface area (Å²) in [6.45, 7) is 6.89. The molecule has 3 nitrogen and oxygen atoms in total. The first-order valence-corrected chi connectivity index (χ1v) is 10.2. The van der Waals surface area contributed by atoms with E-state index in [1.807, 2.05) is 24.3 Å². The molecule has 0 spiro atoms. The van der Waals surface area contributed by atoms with Gasteiger partial charge in [0, 0.05) is 13.2 Å². The van der Waals surface area contributed by atoms with Crippen LogP contribution in [0.15, 0.2) is 48.5 Å². The Hall–Kier alpha value is -1.91. The molecule has 0 unspecified atom stereocenters. The molecular formula is C24H32FNO2. The van der Waals surface area contributed by atoms with Gasteiger partial charge in [-0.2, -0.15) is 0 Å². The predicted molar refractivity (Wildman–Crippen MR) is 111 cm³/mol. The summed E-state index contributed by atoms with van der Waals surface area (Å²) in [7, 11) is 1.68. The van der Waals surface area contributed by atoms with Gasteiger partial charge < -0.3 is 14.8 Å². The highest BCUT2D eigenvalue weighted by atomic mass is 19.1. The summed E-state index contributed by atoms with van der Waals surface area (Å²) in [4.78, 5) is 0. The fourth-order valence-corrected chi connectivity index (χ4v) is 4.24. The van der Waals surface area contributed by atoms with Crippen LogP contribution in [0.3, 0.4) is 0 Å². The van der Waals surface area contributed by atoms with Gasteiger partial charge in [0.25, 0.3) is 0 Å². The minimum absolute atomic E-state index is 0.0856. The highest BCUT2D eigenvalue weighted by molar-refractivity contribution is 5.27. The highest BCUT2D eigenvalue weighted by Gasteiger charge is 2.33. The second-order valence-corrected chi connectivity index (χ2v) is 8.33. The fourth-order valence-electron chi connectivity index (χ4n) is 4.24. The summed E-state index contributed by atoms with van der Waals surface area (Å²) in [5.41, 5.74) is 2.39. The molecule has 4 heteroatoms. The molecule has 2 aromatic carbocycles. The molecule has 0 bridgehead atoms. The van der Waals surface area contributed by atoms with Crippen molar-refractivity contribution < 1.29 is 13.9 Å². The Morgan fingerprint density at radius 2 is 1.86 bits per heavy atom. The van der Waals surface area contributed by atoms with Crippen molar-refractivity contribution in [2.45, 2.75) is 51.2 Å². The van der Waals surface area contributed by atoms with Crippen LogP contribution in [0, 0.1) is 11.7 Å². The number of rotatable bonds is 8. The monoisotopic (exact) mass is 385 g/mol. The number of nitrogens with one attached hydrogen (secondary N) is 1. The van der Waals surface area contributed by atoms with Crippen LogP contribution >= 0.6 is 0 Å². The summed E-state index contributed by atoms with van der Waals surface area (Å²) < 4.78 is 24.5. The lowest BCUT2D eigenvalue weighted by atomic mass is 9.75. The van der Waals surface area contributed by atoms with Crippen molar-refractivity contribution in [3.05, 3.63) is 65.5 Å². The average molecular weight is 386 g/mol. The lowest BCUT2D eigenvalue weighted by molar-refractivity contribution is -0.0771. The Labute approximate surface area is 168 Å². The van der Waals surface area contributed by atoms with Crippen LogP contribution in [-0.4, -0.2) is 25.9 Å². The molecule has 28 heavy (non-hydrogen) atoms. The number of ether oxygens (including phenoxy) is 2. The summed E-state index contributed by atoms with van der Waals surface area (Å²) in [6, 6.07) is 15.2. The van der Waals surface area contributed by atoms with E-state index in [9.17, 15) is 4.39 Å². The molecule has 1 N–H and O–H groups in total. The predicted octanol–water partition coefficient (Wildman–Crippen LogP) is 5.30. The van der Waals surface area contributed by atoms with Crippen LogP contribution in [0.5, 0.6) is 5.75 Å². The summed E-state index contributed by atoms with van der Waals surface area (Å²) >= 11 is 0. The van der Waals surface area contributed by atoms with Gasteiger partial charge >= 0.3 is 0 Å². The van der Waals surface area contributed by atoms with Gasteiger partial charge in [0.2, 0.25) is 0 Å². The molecule has 152 valence electrons. The lowest BCUT2D eigenvalue weighted by Gasteiger charge is -2.39. The molecule has 0 saturated carbocycles. The molecule has 2 aromatic rings. The zero-order valence-electron chi connectivity index (χ0n) is 17.2. The van der Waals surface area contributed by atoms with Gasteiger partial charge in [0.05, 0.1) is 12.7 Å². The molecule has 1 saturated heterocycles. The quantitative estimate of drug-likeness (QED) is 0.625. The van der Waals surface area contributed by atoms with Gasteiger partial charge in [0.15, 0.2) is 0 Å². The van der Waals surface area contributed by atoms with Gasteiger partial charge in [-0.15, -0.1) is 0 Å². The first-order chi connectivity index (χ1) is 13.5. The Bertz CT molecular complexity index is 727. The summed E-state index contributed by atoms with van der Waals surface area (Å²) in [5.74, 6) is 1.67. The number of hydrogen-bond donors (Lipinski definition) is 1. The van der Waals surface area contributed by atoms with E-state index in [0.717, 1.165) is 44.7 Å². The topological polar surface area (TPSA) is 30.5 Å². The first-order valence-electron chi connectivity index (χ1n) is 10.2. The van der Waals surface area contributed by atoms with Crippen LogP contribution in [0.4, 0.5) is 4.39 Å². The normalized spacial score (nSPS) is 19.9. The number of hydrogen-bond acceptors (Lipinski definition) is 3. The highest BCUT2D eigenvalue weighted by Crippen LogP contribution is 2.39. The van der Waals surface area contributed by atoms with E-state index in [4.69, 9.17) is 9.47 Å². The third-order valence-corrected chi connectivity index (χ3v) is 5.72. The van der Waals surface area contributed by atoms with Crippen molar-refractivity contribution in [2.24, 2.45) is 5.92 Å². The van der Waals surface area contributed by atoms with Crippen molar-refractivity contribution in [3.8, 4) is 5.75 Å². The van der Waals surface area contributed by atoms with Gasteiger partial charge in [-0.25, -0.2) is 4.39 Å². The van der Waals surface area contributed by atoms with E-state index in [-0.39, 0.29) is 11.4 Å². The summed E-state index contributed by atoms with van der Waals surface area (Å²) in [5, 5.41) is 3.56. The minimum Gasteiger partial charge on any atom is -0.497 e. The van der Waals surface area contributed by atoms with Gasteiger partial charge in [-0.3, -0.25) is 0 Å². The Kier molecular flexibility index (Phi) is 7.08. The van der Waals surface area contributed by atoms with E-state index < -0.39 is 0 Å². The zero-order valence-corrected chi connectivity index (χ0v) is 17.2. The number of benzene rings is 2. The van der Waals surface area contributed by atoms with E-state index in [1.165, 1.54) is 11.1 Å². The van der Waals surface area contributed by atoms with Crippen LogP contribution in [0.2, 0.25) is 0 Å². The molecule has 0 aliphatic carbocycles. The van der Waals surface area contributed by atoms with Crippen LogP contribution in [0.1, 0.15) is 50.2 Å². The molecule has 1 fully saturated rings. The molecule has 3 rings (SSSR count). The van der Waals surface area contributed by atoms with Crippen molar-refractivity contribution in [2.75, 3.05) is 20.3 Å². The Morgan fingerprint density at radius 1 is 1.14 bits per heavy atom. The zero-order chi connectivity index (χ0) is 20.0. The van der Waals surface area contributed by atoms with Gasteiger partial charge in [0.1, 0.15) is 11.6 Å². The number of methoxy groups -OCH3 is 1. The van der Waals surface area contributed by atoms with Crippen LogP contribution in [-0.2, 0) is 11.3 Å². The fraction of sp³-hybridized carbons (Fsp3) is 0.500. The molecule has 0 amide bonds. The molecule has 0 aromatic heterocycles. The maximum absolute atomic E-state index is 13.4. The van der Waals surface area contributed by atoms with Crippen molar-refractivity contribution in [1.29, 1.82) is 0 Å². The van der Waals surface area contributed by atoms with E-state index in [1.54, 1.807) is 19.2 Å². The van der Waals surface area contributed by atoms with Crippen LogP contribution < -0.4 is 10.1 Å². The van der Waals surface area contributed by atoms with Crippen molar-refractivity contribution >= 4 is 0 Å². The minimum atomic E-state index is -0.174. The maximum atomic E-state index is 13.4. The van der Waals surface area contributed by atoms with Gasteiger partial charge in [-0.1, -0.05) is 24.3 Å². The largest absolute Gasteiger partial charge is 0.497 e.